The number of amides is 2. The number of carbonyl (C=O) groups excluding carboxylic acids is 2. The number of nitrogens with one attached hydrogen (secondary N) is 1. The van der Waals surface area contributed by atoms with Crippen LogP contribution in [0.15, 0.2) is 66.7 Å². The highest BCUT2D eigenvalue weighted by molar-refractivity contribution is 8.00. The van der Waals surface area contributed by atoms with Gasteiger partial charge in [0.1, 0.15) is 5.37 Å². The van der Waals surface area contributed by atoms with Gasteiger partial charge in [-0.15, -0.1) is 11.8 Å². The fourth-order valence-electron chi connectivity index (χ4n) is 3.40. The van der Waals surface area contributed by atoms with Crippen molar-refractivity contribution in [1.82, 2.24) is 0 Å². The summed E-state index contributed by atoms with van der Waals surface area (Å²) in [5, 5.41) is 2.93. The summed E-state index contributed by atoms with van der Waals surface area (Å²) in [6.07, 6.45) is -4.46. The molecular weight excluding hydrogens is 496 g/mol. The maximum Gasteiger partial charge on any atom is 0.416 e. The molecule has 3 aromatic rings. The Morgan fingerprint density at radius 1 is 1.03 bits per heavy atom. The molecule has 170 valence electrons. The number of alkyl halides is 3. The lowest BCUT2D eigenvalue weighted by Crippen LogP contribution is -2.28. The molecule has 0 saturated carbocycles. The van der Waals surface area contributed by atoms with E-state index in [2.05, 4.69) is 5.32 Å². The highest BCUT2D eigenvalue weighted by Gasteiger charge is 2.35. The van der Waals surface area contributed by atoms with Crippen molar-refractivity contribution in [1.29, 1.82) is 0 Å². The van der Waals surface area contributed by atoms with Gasteiger partial charge in [-0.05, 0) is 60.2 Å². The predicted octanol–water partition coefficient (Wildman–Crippen LogP) is 7.04. The van der Waals surface area contributed by atoms with Crippen molar-refractivity contribution >= 4 is 58.2 Å². The summed E-state index contributed by atoms with van der Waals surface area (Å²) < 4.78 is 38.7. The molecule has 1 N–H and O–H groups in total. The lowest BCUT2D eigenvalue weighted by atomic mass is 10.1. The van der Waals surface area contributed by atoms with Crippen LogP contribution in [0, 0.1) is 0 Å². The molecule has 10 heteroatoms. The number of benzene rings is 3. The highest BCUT2D eigenvalue weighted by Crippen LogP contribution is 2.43. The zero-order valence-corrected chi connectivity index (χ0v) is 19.0. The molecule has 3 aromatic carbocycles. The Morgan fingerprint density at radius 2 is 1.76 bits per heavy atom. The fourth-order valence-corrected chi connectivity index (χ4v) is 5.06. The molecule has 33 heavy (non-hydrogen) atoms. The van der Waals surface area contributed by atoms with Gasteiger partial charge in [0.25, 0.3) is 5.91 Å². The predicted molar refractivity (Wildman–Crippen MR) is 125 cm³/mol. The van der Waals surface area contributed by atoms with Crippen molar-refractivity contribution in [2.24, 2.45) is 0 Å². The number of anilines is 2. The van der Waals surface area contributed by atoms with E-state index in [0.29, 0.717) is 22.0 Å². The topological polar surface area (TPSA) is 49.4 Å². The van der Waals surface area contributed by atoms with Crippen LogP contribution < -0.4 is 10.2 Å². The van der Waals surface area contributed by atoms with Crippen molar-refractivity contribution < 1.29 is 22.8 Å². The summed E-state index contributed by atoms with van der Waals surface area (Å²) in [6, 6.07) is 15.9. The smallest absolute Gasteiger partial charge is 0.322 e. The highest BCUT2D eigenvalue weighted by atomic mass is 35.5. The summed E-state index contributed by atoms with van der Waals surface area (Å²) in [5.74, 6) is -0.460. The molecule has 1 aliphatic rings. The van der Waals surface area contributed by atoms with E-state index in [1.807, 2.05) is 0 Å². The van der Waals surface area contributed by atoms with Crippen LogP contribution in [0.3, 0.4) is 0 Å². The van der Waals surface area contributed by atoms with Crippen LogP contribution in [0.4, 0.5) is 24.5 Å². The molecule has 1 saturated heterocycles. The lowest BCUT2D eigenvalue weighted by molar-refractivity contribution is -0.137. The second-order valence-electron chi connectivity index (χ2n) is 7.18. The Morgan fingerprint density at radius 3 is 2.42 bits per heavy atom. The number of nitrogens with zero attached hydrogens (tertiary/aromatic N) is 1. The lowest BCUT2D eigenvalue weighted by Gasteiger charge is -2.25. The van der Waals surface area contributed by atoms with Gasteiger partial charge in [0.15, 0.2) is 0 Å². The second kappa shape index (κ2) is 9.29. The summed E-state index contributed by atoms with van der Waals surface area (Å²) in [6.45, 7) is 0. The Labute approximate surface area is 201 Å². The molecule has 0 spiro atoms. The van der Waals surface area contributed by atoms with E-state index >= 15 is 0 Å². The zero-order chi connectivity index (χ0) is 23.8. The van der Waals surface area contributed by atoms with E-state index in [9.17, 15) is 22.8 Å². The normalized spacial score (nSPS) is 16.2. The Kier molecular flexibility index (Phi) is 6.61. The Balaban J connectivity index is 1.58. The first-order chi connectivity index (χ1) is 15.6. The number of hydrogen-bond donors (Lipinski definition) is 1. The van der Waals surface area contributed by atoms with E-state index < -0.39 is 23.0 Å². The third-order valence-corrected chi connectivity index (χ3v) is 6.71. The first-order valence-corrected chi connectivity index (χ1v) is 11.4. The average molecular weight is 511 g/mol. The molecule has 0 aliphatic carbocycles. The van der Waals surface area contributed by atoms with E-state index in [0.717, 1.165) is 12.1 Å². The molecule has 1 fully saturated rings. The van der Waals surface area contributed by atoms with Gasteiger partial charge in [-0.1, -0.05) is 35.3 Å². The van der Waals surface area contributed by atoms with Crippen LogP contribution in [0.1, 0.15) is 26.9 Å². The summed E-state index contributed by atoms with van der Waals surface area (Å²) in [5.41, 5.74) is 1.03. The van der Waals surface area contributed by atoms with Gasteiger partial charge < -0.3 is 5.32 Å². The number of hydrogen-bond acceptors (Lipinski definition) is 3. The monoisotopic (exact) mass is 510 g/mol. The third kappa shape index (κ3) is 5.13. The van der Waals surface area contributed by atoms with Gasteiger partial charge in [0.2, 0.25) is 5.91 Å². The molecule has 1 heterocycles. The molecule has 0 aromatic heterocycles. The van der Waals surface area contributed by atoms with Gasteiger partial charge in [-0.3, -0.25) is 14.5 Å². The molecule has 0 radical (unpaired) electrons. The van der Waals surface area contributed by atoms with Crippen LogP contribution in [-0.2, 0) is 11.0 Å². The van der Waals surface area contributed by atoms with Crippen LogP contribution in [0.2, 0.25) is 10.0 Å². The summed E-state index contributed by atoms with van der Waals surface area (Å²) in [7, 11) is 0. The maximum absolute atomic E-state index is 12.9. The molecule has 1 aliphatic heterocycles. The van der Waals surface area contributed by atoms with Gasteiger partial charge in [-0.2, -0.15) is 13.2 Å². The second-order valence-corrected chi connectivity index (χ2v) is 9.09. The Hall–Kier alpha value is -2.68. The fraction of sp³-hybridized carbons (Fsp3) is 0.130. The number of carbonyl (C=O) groups is 2. The zero-order valence-electron chi connectivity index (χ0n) is 16.7. The number of rotatable bonds is 4. The van der Waals surface area contributed by atoms with Crippen molar-refractivity contribution in [3.05, 3.63) is 93.5 Å². The minimum Gasteiger partial charge on any atom is -0.322 e. The van der Waals surface area contributed by atoms with Gasteiger partial charge in [0, 0.05) is 16.4 Å². The van der Waals surface area contributed by atoms with E-state index in [4.69, 9.17) is 23.2 Å². The van der Waals surface area contributed by atoms with Crippen molar-refractivity contribution in [3.8, 4) is 0 Å². The molecule has 4 nitrogen and oxygen atoms in total. The Bertz CT molecular complexity index is 1220. The van der Waals surface area contributed by atoms with Crippen molar-refractivity contribution in [2.45, 2.75) is 11.6 Å². The molecule has 0 bridgehead atoms. The number of halogens is 5. The quantitative estimate of drug-likeness (QED) is 0.409. The summed E-state index contributed by atoms with van der Waals surface area (Å²) >= 11 is 13.3. The molecule has 4 rings (SSSR count). The van der Waals surface area contributed by atoms with Crippen LogP contribution in [-0.4, -0.2) is 17.6 Å². The molecule has 0 unspecified atom stereocenters. The maximum atomic E-state index is 12.9. The summed E-state index contributed by atoms with van der Waals surface area (Å²) in [4.78, 5) is 26.6. The first kappa shape index (κ1) is 23.5. The van der Waals surface area contributed by atoms with Crippen LogP contribution in [0.25, 0.3) is 0 Å². The van der Waals surface area contributed by atoms with Crippen LogP contribution >= 0.6 is 35.0 Å². The van der Waals surface area contributed by atoms with Gasteiger partial charge in [0.05, 0.1) is 21.9 Å². The number of thioether (sulfide) groups is 1. The third-order valence-electron chi connectivity index (χ3n) is 4.95. The average Bonchev–Trinajstić information content (AvgIpc) is 3.14. The standard InChI is InChI=1S/C23H15Cl2F3N2O2S/c24-15-6-9-18(19(25)11-15)21(32)29-16-3-1-2-13(10-16)22-30(20(31)12-33-22)17-7-4-14(5-8-17)23(26,27)28/h1-11,22H,12H2,(H,29,32)/t22-/m0/s1. The largest absolute Gasteiger partial charge is 0.416 e. The van der Waals surface area contributed by atoms with Crippen LogP contribution in [0.5, 0.6) is 0 Å². The van der Waals surface area contributed by atoms with Crippen molar-refractivity contribution in [3.63, 3.8) is 0 Å². The minimum atomic E-state index is -4.46. The van der Waals surface area contributed by atoms with Gasteiger partial charge in [-0.25, -0.2) is 0 Å². The molecular formula is C23H15Cl2F3N2O2S. The van der Waals surface area contributed by atoms with E-state index in [1.54, 1.807) is 30.3 Å². The first-order valence-electron chi connectivity index (χ1n) is 9.61. The SMILES string of the molecule is O=C(Nc1cccc([C@@H]2SCC(=O)N2c2ccc(C(F)(F)F)cc2)c1)c1ccc(Cl)cc1Cl. The van der Waals surface area contributed by atoms with Gasteiger partial charge >= 0.3 is 6.18 Å². The minimum absolute atomic E-state index is 0.183. The van der Waals surface area contributed by atoms with Crippen molar-refractivity contribution in [2.75, 3.05) is 16.0 Å². The molecule has 1 atom stereocenters. The van der Waals surface area contributed by atoms with E-state index in [1.165, 1.54) is 40.9 Å². The van der Waals surface area contributed by atoms with E-state index in [-0.39, 0.29) is 22.2 Å². The molecule has 2 amide bonds.